The fraction of sp³-hybridized carbons (Fsp3) is 0.435. The minimum atomic E-state index is -4.38. The first-order valence-corrected chi connectivity index (χ1v) is 11.4. The molecule has 9 nitrogen and oxygen atoms in total. The van der Waals surface area contributed by atoms with Gasteiger partial charge in [-0.25, -0.2) is 9.97 Å². The molecule has 35 heavy (non-hydrogen) atoms. The van der Waals surface area contributed by atoms with Gasteiger partial charge in [0, 0.05) is 25.4 Å². The summed E-state index contributed by atoms with van der Waals surface area (Å²) in [6, 6.07) is 1.78. The van der Waals surface area contributed by atoms with Crippen molar-refractivity contribution in [3.8, 4) is 23.0 Å². The summed E-state index contributed by atoms with van der Waals surface area (Å²) in [6.07, 6.45) is 2.00. The minimum absolute atomic E-state index is 0.0250. The summed E-state index contributed by atoms with van der Waals surface area (Å²) >= 11 is 0. The molecule has 4 heterocycles. The van der Waals surface area contributed by atoms with Crippen LogP contribution in [0.5, 0.6) is 0 Å². The normalized spacial score (nSPS) is 17.6. The number of aliphatic imine (C=N–C) groups is 1. The van der Waals surface area contributed by atoms with Crippen LogP contribution in [-0.2, 0) is 18.4 Å². The lowest BCUT2D eigenvalue weighted by Gasteiger charge is -2.42. The Morgan fingerprint density at radius 2 is 2.09 bits per heavy atom. The molecular formula is C23H25F3N8O. The molecule has 1 saturated carbocycles. The third kappa shape index (κ3) is 3.76. The Bertz CT molecular complexity index is 1320. The van der Waals surface area contributed by atoms with Crippen molar-refractivity contribution in [1.29, 1.82) is 0 Å². The molecule has 0 spiro atoms. The van der Waals surface area contributed by atoms with Crippen LogP contribution in [0.2, 0.25) is 0 Å². The second-order valence-corrected chi connectivity index (χ2v) is 8.81. The molecule has 0 unspecified atom stereocenters. The van der Waals surface area contributed by atoms with E-state index in [1.165, 1.54) is 6.20 Å². The predicted molar refractivity (Wildman–Crippen MR) is 124 cm³/mol. The van der Waals surface area contributed by atoms with Crippen molar-refractivity contribution in [3.05, 3.63) is 41.6 Å². The lowest BCUT2D eigenvalue weighted by Crippen LogP contribution is -2.49. The molecule has 0 radical (unpaired) electrons. The number of rotatable bonds is 4. The Balaban J connectivity index is 1.55. The first-order chi connectivity index (χ1) is 16.8. The van der Waals surface area contributed by atoms with Crippen molar-refractivity contribution < 1.29 is 17.6 Å². The summed E-state index contributed by atoms with van der Waals surface area (Å²) in [7, 11) is 1.62. The maximum absolute atomic E-state index is 14.0. The Morgan fingerprint density at radius 1 is 1.29 bits per heavy atom. The van der Waals surface area contributed by atoms with E-state index in [0.29, 0.717) is 66.2 Å². The quantitative estimate of drug-likeness (QED) is 0.420. The SMILES string of the molecule is CN=C(C=CN)Nc1cc(-c2nc3c(o2)-c2nnc(C4(C(F)(F)F)CCC4)n2CCC3)c(C)cn1. The van der Waals surface area contributed by atoms with E-state index >= 15 is 0 Å². The number of aromatic nitrogens is 5. The molecule has 0 aromatic carbocycles. The van der Waals surface area contributed by atoms with E-state index in [1.807, 2.05) is 6.92 Å². The lowest BCUT2D eigenvalue weighted by atomic mass is 9.67. The van der Waals surface area contributed by atoms with E-state index in [0.717, 1.165) is 5.56 Å². The summed E-state index contributed by atoms with van der Waals surface area (Å²) in [5.41, 5.74) is 5.68. The van der Waals surface area contributed by atoms with Gasteiger partial charge in [-0.3, -0.25) is 4.99 Å². The number of alkyl halides is 3. The Morgan fingerprint density at radius 3 is 2.74 bits per heavy atom. The number of pyridine rings is 1. The van der Waals surface area contributed by atoms with Crippen molar-refractivity contribution in [2.75, 3.05) is 12.4 Å². The molecule has 0 atom stereocenters. The van der Waals surface area contributed by atoms with Gasteiger partial charge in [0.25, 0.3) is 0 Å². The molecule has 1 fully saturated rings. The van der Waals surface area contributed by atoms with Gasteiger partial charge >= 0.3 is 6.18 Å². The number of nitrogens with two attached hydrogens (primary N) is 1. The van der Waals surface area contributed by atoms with Crippen LogP contribution in [0.4, 0.5) is 19.0 Å². The Labute approximate surface area is 199 Å². The molecule has 0 bridgehead atoms. The molecule has 2 aliphatic rings. The van der Waals surface area contributed by atoms with Crippen LogP contribution in [0.15, 0.2) is 33.9 Å². The number of nitrogens with one attached hydrogen (secondary N) is 1. The minimum Gasteiger partial charge on any atom is -0.432 e. The highest BCUT2D eigenvalue weighted by atomic mass is 19.4. The molecule has 12 heteroatoms. The highest BCUT2D eigenvalue weighted by molar-refractivity contribution is 6.03. The summed E-state index contributed by atoms with van der Waals surface area (Å²) in [4.78, 5) is 13.1. The fourth-order valence-corrected chi connectivity index (χ4v) is 4.63. The van der Waals surface area contributed by atoms with Gasteiger partial charge < -0.3 is 20.0 Å². The van der Waals surface area contributed by atoms with Crippen LogP contribution in [0.3, 0.4) is 0 Å². The number of hydrogen-bond acceptors (Lipinski definition) is 7. The standard InChI is InChI=1S/C23H25F3N8O/c1-13-12-29-17(31-16(28-2)6-9-27)11-14(13)20-30-15-5-3-10-34-19(18(15)35-20)32-33-21(34)22(7-4-8-22)23(24,25)26/h6,9,11-12H,3-5,7-8,10,27H2,1-2H3,(H,28,29,31). The zero-order chi connectivity index (χ0) is 24.8. The maximum atomic E-state index is 14.0. The number of fused-ring (bicyclic) bond motifs is 3. The first kappa shape index (κ1) is 23.1. The maximum Gasteiger partial charge on any atom is 0.401 e. The Hall–Kier alpha value is -3.70. The lowest BCUT2D eigenvalue weighted by molar-refractivity contribution is -0.216. The van der Waals surface area contributed by atoms with Gasteiger partial charge in [0.1, 0.15) is 22.9 Å². The third-order valence-electron chi connectivity index (χ3n) is 6.71. The number of anilines is 1. The van der Waals surface area contributed by atoms with Gasteiger partial charge in [-0.1, -0.05) is 6.42 Å². The molecule has 0 amide bonds. The molecule has 5 rings (SSSR count). The van der Waals surface area contributed by atoms with Crippen LogP contribution in [0.1, 0.15) is 42.8 Å². The van der Waals surface area contributed by atoms with E-state index in [1.54, 1.807) is 30.0 Å². The number of nitrogens with zero attached hydrogens (tertiary/aromatic N) is 6. The fourth-order valence-electron chi connectivity index (χ4n) is 4.63. The second kappa shape index (κ2) is 8.51. The summed E-state index contributed by atoms with van der Waals surface area (Å²) in [5.74, 6) is 2.01. The third-order valence-corrected chi connectivity index (χ3v) is 6.71. The van der Waals surface area contributed by atoms with Gasteiger partial charge in [0.15, 0.2) is 5.76 Å². The van der Waals surface area contributed by atoms with Crippen LogP contribution >= 0.6 is 0 Å². The van der Waals surface area contributed by atoms with Crippen LogP contribution in [0.25, 0.3) is 23.0 Å². The van der Waals surface area contributed by atoms with Crippen molar-refractivity contribution in [3.63, 3.8) is 0 Å². The van der Waals surface area contributed by atoms with E-state index in [-0.39, 0.29) is 18.7 Å². The van der Waals surface area contributed by atoms with Crippen LogP contribution < -0.4 is 11.1 Å². The zero-order valence-corrected chi connectivity index (χ0v) is 19.4. The van der Waals surface area contributed by atoms with Crippen molar-refractivity contribution in [2.24, 2.45) is 10.7 Å². The zero-order valence-electron chi connectivity index (χ0n) is 19.4. The molecule has 3 aromatic rings. The van der Waals surface area contributed by atoms with E-state index in [9.17, 15) is 13.2 Å². The highest BCUT2D eigenvalue weighted by Gasteiger charge is 2.62. The van der Waals surface area contributed by atoms with Crippen molar-refractivity contribution in [1.82, 2.24) is 24.7 Å². The topological polar surface area (TPSA) is 120 Å². The molecule has 3 aromatic heterocycles. The average molecular weight is 487 g/mol. The molecule has 1 aliphatic carbocycles. The smallest absolute Gasteiger partial charge is 0.401 e. The monoisotopic (exact) mass is 486 g/mol. The van der Waals surface area contributed by atoms with Crippen molar-refractivity contribution in [2.45, 2.75) is 57.2 Å². The van der Waals surface area contributed by atoms with Gasteiger partial charge in [-0.05, 0) is 56.5 Å². The largest absolute Gasteiger partial charge is 0.432 e. The van der Waals surface area contributed by atoms with Gasteiger partial charge in [-0.2, -0.15) is 13.2 Å². The van der Waals surface area contributed by atoms with E-state index in [2.05, 4.69) is 30.5 Å². The highest BCUT2D eigenvalue weighted by Crippen LogP contribution is 2.54. The molecule has 3 N–H and O–H groups in total. The molecule has 1 aliphatic heterocycles. The number of aryl methyl sites for hydroxylation is 2. The summed E-state index contributed by atoms with van der Waals surface area (Å²) in [6.45, 7) is 2.26. The summed E-state index contributed by atoms with van der Waals surface area (Å²) in [5, 5.41) is 11.3. The number of halogens is 3. The van der Waals surface area contributed by atoms with Crippen molar-refractivity contribution >= 4 is 11.7 Å². The van der Waals surface area contributed by atoms with E-state index < -0.39 is 11.6 Å². The van der Waals surface area contributed by atoms with Crippen LogP contribution in [-0.4, -0.2) is 43.8 Å². The molecular weight excluding hydrogens is 461 g/mol. The van der Waals surface area contributed by atoms with Gasteiger partial charge in [-0.15, -0.1) is 10.2 Å². The summed E-state index contributed by atoms with van der Waals surface area (Å²) < 4.78 is 49.7. The van der Waals surface area contributed by atoms with Gasteiger partial charge in [0.2, 0.25) is 11.7 Å². The molecule has 184 valence electrons. The molecule has 0 saturated heterocycles. The number of amidine groups is 1. The van der Waals surface area contributed by atoms with Crippen LogP contribution in [0, 0.1) is 6.92 Å². The Kier molecular flexibility index (Phi) is 5.60. The number of hydrogen-bond donors (Lipinski definition) is 2. The van der Waals surface area contributed by atoms with E-state index in [4.69, 9.17) is 10.2 Å². The second-order valence-electron chi connectivity index (χ2n) is 8.81. The predicted octanol–water partition coefficient (Wildman–Crippen LogP) is 4.15. The number of oxazole rings is 1. The van der Waals surface area contributed by atoms with Gasteiger partial charge in [0.05, 0.1) is 5.69 Å². The first-order valence-electron chi connectivity index (χ1n) is 11.4. The average Bonchev–Trinajstić information content (AvgIpc) is 3.34.